The minimum Gasteiger partial charge on any atom is -0.491 e. The van der Waals surface area contributed by atoms with Crippen molar-refractivity contribution in [2.24, 2.45) is 0 Å². The van der Waals surface area contributed by atoms with Crippen molar-refractivity contribution < 1.29 is 14.3 Å². The van der Waals surface area contributed by atoms with Gasteiger partial charge in [-0.05, 0) is 44.4 Å². The number of hydrogen-bond acceptors (Lipinski definition) is 3. The van der Waals surface area contributed by atoms with Crippen LogP contribution < -0.4 is 10.1 Å². The number of amides is 1. The molecule has 0 radical (unpaired) electrons. The van der Waals surface area contributed by atoms with E-state index >= 15 is 0 Å². The monoisotopic (exact) mass is 299 g/mol. The molecule has 4 heteroatoms. The fourth-order valence-corrected chi connectivity index (χ4v) is 3.24. The Bertz CT molecular complexity index is 628. The molecule has 0 bridgehead atoms. The first-order chi connectivity index (χ1) is 10.5. The Labute approximate surface area is 130 Å². The van der Waals surface area contributed by atoms with Crippen molar-refractivity contribution in [2.75, 3.05) is 0 Å². The predicted molar refractivity (Wildman–Crippen MR) is 83.6 cm³/mol. The van der Waals surface area contributed by atoms with Crippen LogP contribution in [-0.2, 0) is 9.59 Å². The minimum atomic E-state index is -0.121. The summed E-state index contributed by atoms with van der Waals surface area (Å²) in [6, 6.07) is 7.76. The van der Waals surface area contributed by atoms with E-state index in [2.05, 4.69) is 5.32 Å². The lowest BCUT2D eigenvalue weighted by molar-refractivity contribution is -0.122. The molecule has 3 rings (SSSR count). The molecule has 2 aliphatic rings. The number of nitrogens with one attached hydrogen (secondary N) is 1. The fraction of sp³-hybridized carbons (Fsp3) is 0.444. The Morgan fingerprint density at radius 1 is 1.14 bits per heavy atom. The molecule has 1 amide bonds. The molecule has 0 saturated carbocycles. The number of ether oxygens (including phenoxy) is 1. The van der Waals surface area contributed by atoms with E-state index in [1.807, 2.05) is 38.1 Å². The average molecular weight is 299 g/mol. The van der Waals surface area contributed by atoms with Gasteiger partial charge in [-0.2, -0.15) is 0 Å². The van der Waals surface area contributed by atoms with Crippen LogP contribution >= 0.6 is 0 Å². The van der Waals surface area contributed by atoms with Crippen LogP contribution in [0.1, 0.15) is 51.0 Å². The number of Topliss-reactive ketones (excluding diaryl/α,β-unsaturated/α-hetero) is 1. The van der Waals surface area contributed by atoms with Gasteiger partial charge in [0.15, 0.2) is 5.78 Å². The van der Waals surface area contributed by atoms with Gasteiger partial charge < -0.3 is 10.1 Å². The van der Waals surface area contributed by atoms with Crippen LogP contribution in [0.4, 0.5) is 0 Å². The maximum atomic E-state index is 12.3. The number of benzene rings is 1. The Morgan fingerprint density at radius 2 is 1.86 bits per heavy atom. The van der Waals surface area contributed by atoms with Crippen LogP contribution in [-0.4, -0.2) is 17.8 Å². The lowest BCUT2D eigenvalue weighted by Gasteiger charge is -2.31. The van der Waals surface area contributed by atoms with Crippen LogP contribution in [0.25, 0.3) is 0 Å². The van der Waals surface area contributed by atoms with Gasteiger partial charge in [-0.1, -0.05) is 12.1 Å². The standard InChI is InChI=1S/C18H21NO3/c1-11(2)22-13-8-6-12(7-9-13)14-10-17(21)19-15-4-3-5-16(20)18(14)15/h6-9,11,14H,3-5,10H2,1-2H3,(H,19,21)/t14-/m0/s1. The molecule has 0 fully saturated rings. The van der Waals surface area contributed by atoms with E-state index in [0.717, 1.165) is 35.4 Å². The SMILES string of the molecule is CC(C)Oc1ccc([C@@H]2CC(=O)NC3=C2C(=O)CCC3)cc1. The first kappa shape index (κ1) is 14.8. The predicted octanol–water partition coefficient (Wildman–Crippen LogP) is 3.08. The molecule has 1 heterocycles. The number of carbonyl (C=O) groups excluding carboxylic acids is 2. The van der Waals surface area contributed by atoms with Crippen LogP contribution in [0.15, 0.2) is 35.5 Å². The van der Waals surface area contributed by atoms with Gasteiger partial charge in [0, 0.05) is 30.0 Å². The highest BCUT2D eigenvalue weighted by molar-refractivity contribution is 6.01. The summed E-state index contributed by atoms with van der Waals surface area (Å²) in [7, 11) is 0. The molecule has 116 valence electrons. The Kier molecular flexibility index (Phi) is 4.01. The van der Waals surface area contributed by atoms with Crippen molar-refractivity contribution in [3.8, 4) is 5.75 Å². The van der Waals surface area contributed by atoms with Gasteiger partial charge in [0.1, 0.15) is 5.75 Å². The van der Waals surface area contributed by atoms with E-state index < -0.39 is 0 Å². The summed E-state index contributed by atoms with van der Waals surface area (Å²) in [5.74, 6) is 0.863. The highest BCUT2D eigenvalue weighted by Gasteiger charge is 2.34. The Morgan fingerprint density at radius 3 is 2.55 bits per heavy atom. The molecule has 0 spiro atoms. The maximum absolute atomic E-state index is 12.3. The zero-order valence-corrected chi connectivity index (χ0v) is 13.0. The van der Waals surface area contributed by atoms with Gasteiger partial charge in [-0.15, -0.1) is 0 Å². The van der Waals surface area contributed by atoms with Gasteiger partial charge >= 0.3 is 0 Å². The third-order valence-electron chi connectivity index (χ3n) is 4.14. The minimum absolute atomic E-state index is 0.000886. The van der Waals surface area contributed by atoms with E-state index in [1.165, 1.54) is 0 Å². The molecule has 1 atom stereocenters. The van der Waals surface area contributed by atoms with Crippen molar-refractivity contribution in [3.05, 3.63) is 41.1 Å². The molecular weight excluding hydrogens is 278 g/mol. The fourth-order valence-electron chi connectivity index (χ4n) is 3.24. The Hall–Kier alpha value is -2.10. The number of ketones is 1. The molecule has 1 aliphatic heterocycles. The maximum Gasteiger partial charge on any atom is 0.225 e. The van der Waals surface area contributed by atoms with E-state index in [1.54, 1.807) is 0 Å². The summed E-state index contributed by atoms with van der Waals surface area (Å²) in [5, 5.41) is 2.88. The van der Waals surface area contributed by atoms with Crippen molar-refractivity contribution in [3.63, 3.8) is 0 Å². The molecule has 1 N–H and O–H groups in total. The summed E-state index contributed by atoms with van der Waals surface area (Å²) < 4.78 is 5.65. The van der Waals surface area contributed by atoms with Crippen molar-refractivity contribution in [1.82, 2.24) is 5.32 Å². The van der Waals surface area contributed by atoms with Crippen molar-refractivity contribution in [1.29, 1.82) is 0 Å². The summed E-state index contributed by atoms with van der Waals surface area (Å²) >= 11 is 0. The van der Waals surface area contributed by atoms with E-state index in [0.29, 0.717) is 12.8 Å². The van der Waals surface area contributed by atoms with Gasteiger partial charge in [0.05, 0.1) is 6.10 Å². The molecule has 0 aromatic heterocycles. The van der Waals surface area contributed by atoms with Crippen molar-refractivity contribution in [2.45, 2.75) is 51.6 Å². The molecule has 1 aromatic carbocycles. The molecule has 1 aromatic rings. The molecular formula is C18H21NO3. The molecule has 1 aliphatic carbocycles. The summed E-state index contributed by atoms with van der Waals surface area (Å²) in [4.78, 5) is 24.2. The topological polar surface area (TPSA) is 55.4 Å². The molecule has 0 unspecified atom stereocenters. The van der Waals surface area contributed by atoms with Crippen LogP contribution in [0.2, 0.25) is 0 Å². The van der Waals surface area contributed by atoms with E-state index in [4.69, 9.17) is 4.74 Å². The van der Waals surface area contributed by atoms with E-state index in [-0.39, 0.29) is 23.7 Å². The summed E-state index contributed by atoms with van der Waals surface area (Å²) in [6.07, 6.45) is 2.67. The second kappa shape index (κ2) is 5.95. The van der Waals surface area contributed by atoms with Crippen LogP contribution in [0, 0.1) is 0 Å². The zero-order chi connectivity index (χ0) is 15.7. The lowest BCUT2D eigenvalue weighted by Crippen LogP contribution is -2.36. The third-order valence-corrected chi connectivity index (χ3v) is 4.14. The summed E-state index contributed by atoms with van der Waals surface area (Å²) in [6.45, 7) is 3.97. The highest BCUT2D eigenvalue weighted by Crippen LogP contribution is 2.38. The van der Waals surface area contributed by atoms with Crippen LogP contribution in [0.3, 0.4) is 0 Å². The number of hydrogen-bond donors (Lipinski definition) is 1. The number of rotatable bonds is 3. The van der Waals surface area contributed by atoms with Crippen LogP contribution in [0.5, 0.6) is 5.75 Å². The van der Waals surface area contributed by atoms with E-state index in [9.17, 15) is 9.59 Å². The zero-order valence-electron chi connectivity index (χ0n) is 13.0. The Balaban J connectivity index is 1.92. The van der Waals surface area contributed by atoms with Crippen molar-refractivity contribution >= 4 is 11.7 Å². The first-order valence-corrected chi connectivity index (χ1v) is 7.87. The lowest BCUT2D eigenvalue weighted by atomic mass is 9.78. The average Bonchev–Trinajstić information content (AvgIpc) is 2.46. The largest absolute Gasteiger partial charge is 0.491 e. The smallest absolute Gasteiger partial charge is 0.225 e. The number of carbonyl (C=O) groups is 2. The second-order valence-electron chi connectivity index (χ2n) is 6.21. The molecule has 4 nitrogen and oxygen atoms in total. The summed E-state index contributed by atoms with van der Waals surface area (Å²) in [5.41, 5.74) is 2.65. The van der Waals surface area contributed by atoms with Gasteiger partial charge in [0.25, 0.3) is 0 Å². The third kappa shape index (κ3) is 2.91. The van der Waals surface area contributed by atoms with Gasteiger partial charge in [0.2, 0.25) is 5.91 Å². The second-order valence-corrected chi connectivity index (χ2v) is 6.21. The number of allylic oxidation sites excluding steroid dienone is 2. The molecule has 0 saturated heterocycles. The normalized spacial score (nSPS) is 21.7. The first-order valence-electron chi connectivity index (χ1n) is 7.87. The van der Waals surface area contributed by atoms with Gasteiger partial charge in [-0.3, -0.25) is 9.59 Å². The van der Waals surface area contributed by atoms with Gasteiger partial charge in [-0.25, -0.2) is 0 Å². The highest BCUT2D eigenvalue weighted by atomic mass is 16.5. The molecule has 22 heavy (non-hydrogen) atoms. The quantitative estimate of drug-likeness (QED) is 0.933.